The van der Waals surface area contributed by atoms with Gasteiger partial charge in [-0.25, -0.2) is 4.79 Å². The minimum atomic E-state index is -1.13. The summed E-state index contributed by atoms with van der Waals surface area (Å²) in [4.78, 5) is 48.2. The molecule has 10 nitrogen and oxygen atoms in total. The zero-order chi connectivity index (χ0) is 22.4. The summed E-state index contributed by atoms with van der Waals surface area (Å²) in [5.41, 5.74) is -0.291. The third-order valence-electron chi connectivity index (χ3n) is 5.85. The molecule has 5 unspecified atom stereocenters. The SMILES string of the molecule is COC(=O)C(C)Oc1c(C=NN2C(=O)C3C4C=CC(C4)C3C2=O)cc(Br)cc1[N+](=O)[O-]. The second-order valence-corrected chi connectivity index (χ2v) is 8.53. The Morgan fingerprint density at radius 2 is 1.90 bits per heavy atom. The highest BCUT2D eigenvalue weighted by Gasteiger charge is 2.59. The molecule has 1 heterocycles. The van der Waals surface area contributed by atoms with Crippen molar-refractivity contribution in [3.8, 4) is 5.75 Å². The Hall–Kier alpha value is -3.08. The van der Waals surface area contributed by atoms with Crippen molar-refractivity contribution >= 4 is 45.6 Å². The van der Waals surface area contributed by atoms with E-state index >= 15 is 0 Å². The van der Waals surface area contributed by atoms with E-state index in [2.05, 4.69) is 25.8 Å². The number of benzene rings is 1. The Kier molecular flexibility index (Phi) is 5.38. The summed E-state index contributed by atoms with van der Waals surface area (Å²) in [6.07, 6.45) is 4.77. The Labute approximate surface area is 185 Å². The average Bonchev–Trinajstić information content (AvgIpc) is 3.41. The van der Waals surface area contributed by atoms with E-state index < -0.39 is 34.5 Å². The predicted molar refractivity (Wildman–Crippen MR) is 110 cm³/mol. The minimum Gasteiger partial charge on any atom is -0.471 e. The molecule has 2 fully saturated rings. The number of hydrogen-bond donors (Lipinski definition) is 0. The summed E-state index contributed by atoms with van der Waals surface area (Å²) in [5, 5.41) is 16.4. The molecule has 5 atom stereocenters. The number of nitrogens with zero attached hydrogens (tertiary/aromatic N) is 3. The maximum atomic E-state index is 12.8. The van der Waals surface area contributed by atoms with Crippen LogP contribution in [-0.2, 0) is 19.1 Å². The second-order valence-electron chi connectivity index (χ2n) is 7.62. The van der Waals surface area contributed by atoms with Gasteiger partial charge in [0.1, 0.15) is 0 Å². The maximum Gasteiger partial charge on any atom is 0.346 e. The van der Waals surface area contributed by atoms with Crippen LogP contribution in [0.1, 0.15) is 18.9 Å². The molecule has 11 heteroatoms. The smallest absolute Gasteiger partial charge is 0.346 e. The first-order valence-electron chi connectivity index (χ1n) is 9.55. The molecule has 4 rings (SSSR count). The van der Waals surface area contributed by atoms with Crippen LogP contribution in [0.4, 0.5) is 5.69 Å². The second kappa shape index (κ2) is 7.88. The van der Waals surface area contributed by atoms with Gasteiger partial charge >= 0.3 is 11.7 Å². The van der Waals surface area contributed by atoms with Gasteiger partial charge in [-0.2, -0.15) is 10.1 Å². The highest BCUT2D eigenvalue weighted by Crippen LogP contribution is 2.52. The molecule has 1 saturated carbocycles. The lowest BCUT2D eigenvalue weighted by Gasteiger charge is -2.15. The number of fused-ring (bicyclic) bond motifs is 5. The molecular formula is C20H18BrN3O7. The quantitative estimate of drug-likeness (QED) is 0.149. The number of nitro groups is 1. The number of imide groups is 1. The topological polar surface area (TPSA) is 128 Å². The van der Waals surface area contributed by atoms with E-state index in [0.29, 0.717) is 4.47 Å². The highest BCUT2D eigenvalue weighted by molar-refractivity contribution is 9.10. The molecule has 0 N–H and O–H groups in total. The molecule has 0 radical (unpaired) electrons. The monoisotopic (exact) mass is 491 g/mol. The van der Waals surface area contributed by atoms with Gasteiger partial charge in [0.25, 0.3) is 11.8 Å². The van der Waals surface area contributed by atoms with Crippen molar-refractivity contribution in [3.63, 3.8) is 0 Å². The first-order valence-corrected chi connectivity index (χ1v) is 10.3. The van der Waals surface area contributed by atoms with E-state index in [9.17, 15) is 24.5 Å². The number of amides is 2. The number of ether oxygens (including phenoxy) is 2. The van der Waals surface area contributed by atoms with Crippen molar-refractivity contribution in [1.82, 2.24) is 5.01 Å². The fourth-order valence-electron chi connectivity index (χ4n) is 4.47. The molecule has 2 bridgehead atoms. The largest absolute Gasteiger partial charge is 0.471 e. The molecule has 31 heavy (non-hydrogen) atoms. The van der Waals surface area contributed by atoms with E-state index in [-0.39, 0.29) is 35.0 Å². The lowest BCUT2D eigenvalue weighted by Crippen LogP contribution is -2.28. The Bertz CT molecular complexity index is 1020. The normalized spacial score (nSPS) is 27.1. The average molecular weight is 492 g/mol. The predicted octanol–water partition coefficient (Wildman–Crippen LogP) is 2.44. The van der Waals surface area contributed by atoms with Crippen molar-refractivity contribution in [2.75, 3.05) is 7.11 Å². The van der Waals surface area contributed by atoms with Crippen LogP contribution in [0.25, 0.3) is 0 Å². The van der Waals surface area contributed by atoms with Crippen molar-refractivity contribution in [1.29, 1.82) is 0 Å². The number of methoxy groups -OCH3 is 1. The molecule has 2 amide bonds. The first-order chi connectivity index (χ1) is 14.7. The number of esters is 1. The Balaban J connectivity index is 1.67. The number of carbonyl (C=O) groups excluding carboxylic acids is 3. The van der Waals surface area contributed by atoms with Crippen molar-refractivity contribution < 1.29 is 28.8 Å². The van der Waals surface area contributed by atoms with Crippen LogP contribution in [0.15, 0.2) is 33.9 Å². The summed E-state index contributed by atoms with van der Waals surface area (Å²) < 4.78 is 10.5. The molecule has 1 aromatic rings. The number of rotatable bonds is 6. The van der Waals surface area contributed by atoms with Crippen molar-refractivity contribution in [2.24, 2.45) is 28.8 Å². The Morgan fingerprint density at radius 3 is 2.45 bits per heavy atom. The maximum absolute atomic E-state index is 12.8. The molecule has 1 aliphatic heterocycles. The van der Waals surface area contributed by atoms with Gasteiger partial charge in [0.15, 0.2) is 6.10 Å². The molecular weight excluding hydrogens is 474 g/mol. The van der Waals surface area contributed by atoms with Crippen molar-refractivity contribution in [3.05, 3.63) is 44.4 Å². The molecule has 1 saturated heterocycles. The van der Waals surface area contributed by atoms with E-state index in [1.54, 1.807) is 0 Å². The van der Waals surface area contributed by atoms with Crippen LogP contribution in [-0.4, -0.2) is 47.1 Å². The van der Waals surface area contributed by atoms with Crippen LogP contribution >= 0.6 is 15.9 Å². The fourth-order valence-corrected chi connectivity index (χ4v) is 4.93. The van der Waals surface area contributed by atoms with E-state index in [1.807, 2.05) is 12.2 Å². The first kappa shape index (κ1) is 21.2. The third kappa shape index (κ3) is 3.52. The lowest BCUT2D eigenvalue weighted by molar-refractivity contribution is -0.386. The summed E-state index contributed by atoms with van der Waals surface area (Å²) in [6, 6.07) is 2.70. The van der Waals surface area contributed by atoms with Gasteiger partial charge in [-0.3, -0.25) is 19.7 Å². The summed E-state index contributed by atoms with van der Waals surface area (Å²) >= 11 is 3.20. The third-order valence-corrected chi connectivity index (χ3v) is 6.30. The molecule has 1 aromatic carbocycles. The van der Waals surface area contributed by atoms with Crippen LogP contribution in [0.3, 0.4) is 0 Å². The van der Waals surface area contributed by atoms with Crippen molar-refractivity contribution in [2.45, 2.75) is 19.4 Å². The zero-order valence-electron chi connectivity index (χ0n) is 16.6. The van der Waals surface area contributed by atoms with Gasteiger partial charge in [-0.15, -0.1) is 0 Å². The minimum absolute atomic E-state index is 0.0402. The summed E-state index contributed by atoms with van der Waals surface area (Å²) in [6.45, 7) is 1.38. The number of allylic oxidation sites excluding steroid dienone is 2. The van der Waals surface area contributed by atoms with Gasteiger partial charge in [0, 0.05) is 16.1 Å². The molecule has 162 valence electrons. The number of hydrazone groups is 1. The number of carbonyl (C=O) groups is 3. The van der Waals surface area contributed by atoms with Gasteiger partial charge in [-0.05, 0) is 31.2 Å². The van der Waals surface area contributed by atoms with Crippen LogP contribution in [0.5, 0.6) is 5.75 Å². The number of hydrogen-bond acceptors (Lipinski definition) is 8. The fraction of sp³-hybridized carbons (Fsp3) is 0.400. The summed E-state index contributed by atoms with van der Waals surface area (Å²) in [7, 11) is 1.17. The van der Waals surface area contributed by atoms with Crippen LogP contribution < -0.4 is 4.74 Å². The van der Waals surface area contributed by atoms with Gasteiger partial charge in [0.2, 0.25) is 5.75 Å². The number of nitro benzene ring substituents is 1. The van der Waals surface area contributed by atoms with Gasteiger partial charge < -0.3 is 9.47 Å². The zero-order valence-corrected chi connectivity index (χ0v) is 18.1. The van der Waals surface area contributed by atoms with Crippen LogP contribution in [0.2, 0.25) is 0 Å². The molecule has 2 aliphatic carbocycles. The van der Waals surface area contributed by atoms with E-state index in [1.165, 1.54) is 26.2 Å². The Morgan fingerprint density at radius 1 is 1.29 bits per heavy atom. The molecule has 3 aliphatic rings. The molecule has 0 spiro atoms. The molecule has 0 aromatic heterocycles. The van der Waals surface area contributed by atoms with E-state index in [4.69, 9.17) is 4.74 Å². The van der Waals surface area contributed by atoms with Crippen LogP contribution in [0, 0.1) is 33.8 Å². The van der Waals surface area contributed by atoms with Gasteiger partial charge in [-0.1, -0.05) is 28.1 Å². The highest BCUT2D eigenvalue weighted by atomic mass is 79.9. The standard InChI is InChI=1S/C20H18BrN3O7/c1-9(20(27)30-2)31-17-12(6-13(21)7-14(17)24(28)29)8-22-23-18(25)15-10-3-4-11(5-10)16(15)19(23)26/h3-4,6-11,15-16H,5H2,1-2H3. The van der Waals surface area contributed by atoms with E-state index in [0.717, 1.165) is 17.6 Å². The number of halogens is 1. The van der Waals surface area contributed by atoms with Gasteiger partial charge in [0.05, 0.1) is 30.1 Å². The lowest BCUT2D eigenvalue weighted by atomic mass is 9.85. The summed E-state index contributed by atoms with van der Waals surface area (Å²) in [5.74, 6) is -2.44.